The van der Waals surface area contributed by atoms with Crippen LogP contribution in [-0.2, 0) is 11.2 Å². The van der Waals surface area contributed by atoms with E-state index in [0.29, 0.717) is 12.8 Å². The number of nitrogens with zero attached hydrogens (tertiary/aromatic N) is 2. The van der Waals surface area contributed by atoms with Gasteiger partial charge in [-0.1, -0.05) is 12.1 Å². The Bertz CT molecular complexity index is 605. The van der Waals surface area contributed by atoms with Crippen molar-refractivity contribution in [1.82, 2.24) is 9.97 Å². The molecule has 0 N–H and O–H groups in total. The first-order valence-electron chi connectivity index (χ1n) is 6.45. The molecule has 0 unspecified atom stereocenters. The van der Waals surface area contributed by atoms with Crippen LogP contribution in [0.25, 0.3) is 11.3 Å². The number of hydrogen-bond acceptors (Lipinski definition) is 3. The largest absolute Gasteiger partial charge is 0.300 e. The molecule has 0 radical (unpaired) electrons. The maximum Gasteiger partial charge on any atom is 0.130 e. The average Bonchev–Trinajstić information content (AvgIpc) is 2.40. The molecular formula is C16H18N2O. The van der Waals surface area contributed by atoms with Crippen LogP contribution in [0, 0.1) is 13.8 Å². The molecule has 0 spiro atoms. The Balaban J connectivity index is 2.27. The Morgan fingerprint density at radius 3 is 2.63 bits per heavy atom. The van der Waals surface area contributed by atoms with Gasteiger partial charge in [0.2, 0.25) is 0 Å². The molecule has 0 saturated heterocycles. The summed E-state index contributed by atoms with van der Waals surface area (Å²) in [6.07, 6.45) is 2.86. The zero-order chi connectivity index (χ0) is 13.8. The lowest BCUT2D eigenvalue weighted by Gasteiger charge is -2.06. The highest BCUT2D eigenvalue weighted by atomic mass is 16.1. The van der Waals surface area contributed by atoms with Crippen LogP contribution >= 0.6 is 0 Å². The van der Waals surface area contributed by atoms with Crippen LogP contribution < -0.4 is 0 Å². The quantitative estimate of drug-likeness (QED) is 0.841. The monoisotopic (exact) mass is 254 g/mol. The number of benzene rings is 1. The first-order valence-corrected chi connectivity index (χ1v) is 6.45. The normalized spacial score (nSPS) is 10.5. The van der Waals surface area contributed by atoms with Crippen LogP contribution in [0.5, 0.6) is 0 Å². The lowest BCUT2D eigenvalue weighted by Crippen LogP contribution is -2.00. The van der Waals surface area contributed by atoms with E-state index < -0.39 is 0 Å². The summed E-state index contributed by atoms with van der Waals surface area (Å²) < 4.78 is 0. The zero-order valence-corrected chi connectivity index (χ0v) is 11.6. The highest BCUT2D eigenvalue weighted by Gasteiger charge is 2.04. The van der Waals surface area contributed by atoms with Gasteiger partial charge in [-0.15, -0.1) is 0 Å². The van der Waals surface area contributed by atoms with E-state index in [2.05, 4.69) is 42.0 Å². The van der Waals surface area contributed by atoms with Crippen LogP contribution in [-0.4, -0.2) is 15.8 Å². The summed E-state index contributed by atoms with van der Waals surface area (Å²) in [5, 5.41) is 0. The Kier molecular flexibility index (Phi) is 4.05. The minimum Gasteiger partial charge on any atom is -0.300 e. The van der Waals surface area contributed by atoms with Gasteiger partial charge in [0.15, 0.2) is 0 Å². The van der Waals surface area contributed by atoms with Crippen molar-refractivity contribution in [2.45, 2.75) is 33.6 Å². The first kappa shape index (κ1) is 13.4. The van der Waals surface area contributed by atoms with Gasteiger partial charge in [-0.05, 0) is 44.0 Å². The number of aromatic nitrogens is 2. The van der Waals surface area contributed by atoms with E-state index in [1.165, 1.54) is 11.1 Å². The van der Waals surface area contributed by atoms with Gasteiger partial charge in [0.1, 0.15) is 11.6 Å². The second kappa shape index (κ2) is 5.74. The van der Waals surface area contributed by atoms with Crippen molar-refractivity contribution in [3.05, 3.63) is 47.4 Å². The number of carbonyl (C=O) groups excluding carboxylic acids is 1. The van der Waals surface area contributed by atoms with Crippen LogP contribution in [0.2, 0.25) is 0 Å². The molecule has 0 bridgehead atoms. The van der Waals surface area contributed by atoms with Gasteiger partial charge in [0.25, 0.3) is 0 Å². The molecule has 0 saturated carbocycles. The van der Waals surface area contributed by atoms with Crippen LogP contribution in [0.3, 0.4) is 0 Å². The predicted molar refractivity (Wildman–Crippen MR) is 75.9 cm³/mol. The molecule has 3 heteroatoms. The van der Waals surface area contributed by atoms with E-state index in [1.807, 2.05) is 6.07 Å². The van der Waals surface area contributed by atoms with Crippen molar-refractivity contribution >= 4 is 5.78 Å². The van der Waals surface area contributed by atoms with Crippen molar-refractivity contribution in [1.29, 1.82) is 0 Å². The van der Waals surface area contributed by atoms with Gasteiger partial charge in [0, 0.05) is 24.6 Å². The Morgan fingerprint density at radius 2 is 1.95 bits per heavy atom. The molecule has 2 aromatic rings. The van der Waals surface area contributed by atoms with E-state index in [-0.39, 0.29) is 5.78 Å². The van der Waals surface area contributed by atoms with Crippen LogP contribution in [0.4, 0.5) is 0 Å². The number of Topliss-reactive ketones (excluding diaryl/α,β-unsaturated/α-hetero) is 1. The number of hydrogen-bond donors (Lipinski definition) is 0. The predicted octanol–water partition coefficient (Wildman–Crippen LogP) is 3.28. The third-order valence-corrected chi connectivity index (χ3v) is 3.21. The Morgan fingerprint density at radius 1 is 1.16 bits per heavy atom. The summed E-state index contributed by atoms with van der Waals surface area (Å²) in [6.45, 7) is 5.78. The molecule has 0 aliphatic rings. The highest BCUT2D eigenvalue weighted by Crippen LogP contribution is 2.20. The first-order chi connectivity index (χ1) is 9.06. The van der Waals surface area contributed by atoms with Gasteiger partial charge < -0.3 is 4.79 Å². The lowest BCUT2D eigenvalue weighted by atomic mass is 10.0. The lowest BCUT2D eigenvalue weighted by molar-refractivity contribution is -0.117. The summed E-state index contributed by atoms with van der Waals surface area (Å²) >= 11 is 0. The number of carbonyl (C=O) groups is 1. The molecule has 0 aliphatic heterocycles. The third kappa shape index (κ3) is 3.47. The average molecular weight is 254 g/mol. The molecule has 0 amide bonds. The van der Waals surface area contributed by atoms with Crippen molar-refractivity contribution in [3.8, 4) is 11.3 Å². The standard InChI is InChI=1S/C16H18N2O/c1-11-4-6-14(10-12(11)2)15-8-9-17-16(18-15)7-5-13(3)19/h4,6,8-10H,5,7H2,1-3H3. The fourth-order valence-electron chi connectivity index (χ4n) is 1.87. The zero-order valence-electron chi connectivity index (χ0n) is 11.6. The Hall–Kier alpha value is -2.03. The molecule has 0 fully saturated rings. The fraction of sp³-hybridized carbons (Fsp3) is 0.312. The molecule has 1 aromatic heterocycles. The van der Waals surface area contributed by atoms with Crippen LogP contribution in [0.1, 0.15) is 30.3 Å². The molecular weight excluding hydrogens is 236 g/mol. The third-order valence-electron chi connectivity index (χ3n) is 3.21. The number of ketones is 1. The van der Waals surface area contributed by atoms with E-state index in [4.69, 9.17) is 0 Å². The van der Waals surface area contributed by atoms with E-state index in [9.17, 15) is 4.79 Å². The summed E-state index contributed by atoms with van der Waals surface area (Å²) in [7, 11) is 0. The van der Waals surface area contributed by atoms with E-state index >= 15 is 0 Å². The number of aryl methyl sites for hydroxylation is 3. The molecule has 3 nitrogen and oxygen atoms in total. The van der Waals surface area contributed by atoms with Gasteiger partial charge in [-0.2, -0.15) is 0 Å². The van der Waals surface area contributed by atoms with Gasteiger partial charge >= 0.3 is 0 Å². The second-order valence-corrected chi connectivity index (χ2v) is 4.86. The smallest absolute Gasteiger partial charge is 0.130 e. The minimum atomic E-state index is 0.167. The van der Waals surface area contributed by atoms with Gasteiger partial charge in [0.05, 0.1) is 5.69 Å². The highest BCUT2D eigenvalue weighted by molar-refractivity contribution is 5.75. The molecule has 1 heterocycles. The maximum absolute atomic E-state index is 11.0. The summed E-state index contributed by atoms with van der Waals surface area (Å²) in [6, 6.07) is 8.20. The second-order valence-electron chi connectivity index (χ2n) is 4.86. The molecule has 2 rings (SSSR count). The van der Waals surface area contributed by atoms with E-state index in [0.717, 1.165) is 17.1 Å². The van der Waals surface area contributed by atoms with Crippen molar-refractivity contribution in [3.63, 3.8) is 0 Å². The summed E-state index contributed by atoms with van der Waals surface area (Å²) in [4.78, 5) is 19.7. The molecule has 19 heavy (non-hydrogen) atoms. The van der Waals surface area contributed by atoms with Gasteiger partial charge in [-0.3, -0.25) is 0 Å². The van der Waals surface area contributed by atoms with Crippen LogP contribution in [0.15, 0.2) is 30.5 Å². The van der Waals surface area contributed by atoms with Gasteiger partial charge in [-0.25, -0.2) is 9.97 Å². The number of rotatable bonds is 4. The van der Waals surface area contributed by atoms with Crippen molar-refractivity contribution in [2.24, 2.45) is 0 Å². The topological polar surface area (TPSA) is 42.9 Å². The Labute approximate surface area is 113 Å². The summed E-state index contributed by atoms with van der Waals surface area (Å²) in [5.74, 6) is 0.895. The van der Waals surface area contributed by atoms with Crippen molar-refractivity contribution < 1.29 is 4.79 Å². The SMILES string of the molecule is CC(=O)CCc1nccc(-c2ccc(C)c(C)c2)n1. The minimum absolute atomic E-state index is 0.167. The fourth-order valence-corrected chi connectivity index (χ4v) is 1.87. The summed E-state index contributed by atoms with van der Waals surface area (Å²) in [5.41, 5.74) is 4.53. The molecule has 0 aliphatic carbocycles. The maximum atomic E-state index is 11.0. The molecule has 98 valence electrons. The van der Waals surface area contributed by atoms with E-state index in [1.54, 1.807) is 13.1 Å². The molecule has 1 aromatic carbocycles. The van der Waals surface area contributed by atoms with Crippen molar-refractivity contribution in [2.75, 3.05) is 0 Å². The molecule has 0 atom stereocenters.